The molecular formula is C14H26N2O2. The first kappa shape index (κ1) is 13.8. The third kappa shape index (κ3) is 3.04. The minimum atomic E-state index is 0.190. The van der Waals surface area contributed by atoms with E-state index in [0.29, 0.717) is 18.4 Å². The highest BCUT2D eigenvalue weighted by atomic mass is 16.5. The van der Waals surface area contributed by atoms with Crippen LogP contribution in [0.2, 0.25) is 0 Å². The molecule has 18 heavy (non-hydrogen) atoms. The van der Waals surface area contributed by atoms with Crippen molar-refractivity contribution in [2.24, 2.45) is 17.6 Å². The Morgan fingerprint density at radius 1 is 1.44 bits per heavy atom. The Labute approximate surface area is 110 Å². The van der Waals surface area contributed by atoms with Crippen LogP contribution in [0, 0.1) is 11.8 Å². The van der Waals surface area contributed by atoms with Crippen LogP contribution in [0.15, 0.2) is 0 Å². The molecule has 4 nitrogen and oxygen atoms in total. The summed E-state index contributed by atoms with van der Waals surface area (Å²) in [5.74, 6) is 0.988. The highest BCUT2D eigenvalue weighted by molar-refractivity contribution is 5.79. The van der Waals surface area contributed by atoms with Crippen LogP contribution < -0.4 is 5.73 Å². The molecule has 2 fully saturated rings. The van der Waals surface area contributed by atoms with Crippen molar-refractivity contribution in [3.05, 3.63) is 0 Å². The van der Waals surface area contributed by atoms with Crippen molar-refractivity contribution in [3.63, 3.8) is 0 Å². The van der Waals surface area contributed by atoms with Gasteiger partial charge in [0.15, 0.2) is 0 Å². The van der Waals surface area contributed by atoms with Gasteiger partial charge < -0.3 is 15.4 Å². The minimum absolute atomic E-state index is 0.190. The summed E-state index contributed by atoms with van der Waals surface area (Å²) in [6, 6.07) is 0.280. The molecule has 4 unspecified atom stereocenters. The lowest BCUT2D eigenvalue weighted by Gasteiger charge is -2.38. The Morgan fingerprint density at radius 3 is 2.89 bits per heavy atom. The summed E-state index contributed by atoms with van der Waals surface area (Å²) in [5, 5.41) is 0. The van der Waals surface area contributed by atoms with E-state index < -0.39 is 0 Å². The Morgan fingerprint density at radius 2 is 2.22 bits per heavy atom. The first-order valence-corrected chi connectivity index (χ1v) is 7.27. The number of hydrogen-bond acceptors (Lipinski definition) is 3. The quantitative estimate of drug-likeness (QED) is 0.810. The summed E-state index contributed by atoms with van der Waals surface area (Å²) in [6.07, 6.45) is 4.10. The highest BCUT2D eigenvalue weighted by Gasteiger charge is 2.33. The number of morpholine rings is 1. The summed E-state index contributed by atoms with van der Waals surface area (Å²) < 4.78 is 5.62. The summed E-state index contributed by atoms with van der Waals surface area (Å²) in [4.78, 5) is 14.5. The number of carbonyl (C=O) groups excluding carboxylic acids is 1. The van der Waals surface area contributed by atoms with E-state index >= 15 is 0 Å². The Bertz CT molecular complexity index is 288. The molecule has 2 N–H and O–H groups in total. The van der Waals surface area contributed by atoms with Gasteiger partial charge in [-0.05, 0) is 31.6 Å². The van der Waals surface area contributed by atoms with Crippen LogP contribution in [-0.4, -0.2) is 42.6 Å². The summed E-state index contributed by atoms with van der Waals surface area (Å²) in [5.41, 5.74) is 6.02. The number of rotatable bonds is 2. The fourth-order valence-corrected chi connectivity index (χ4v) is 3.07. The highest BCUT2D eigenvalue weighted by Crippen LogP contribution is 2.29. The largest absolute Gasteiger partial charge is 0.375 e. The van der Waals surface area contributed by atoms with E-state index in [1.165, 1.54) is 0 Å². The molecule has 4 atom stereocenters. The lowest BCUT2D eigenvalue weighted by atomic mass is 9.78. The second-order valence-corrected chi connectivity index (χ2v) is 5.84. The summed E-state index contributed by atoms with van der Waals surface area (Å²) >= 11 is 0. The van der Waals surface area contributed by atoms with E-state index in [1.807, 2.05) is 4.90 Å². The number of hydrogen-bond donors (Lipinski definition) is 1. The molecule has 2 rings (SSSR count). The van der Waals surface area contributed by atoms with Crippen LogP contribution in [-0.2, 0) is 9.53 Å². The van der Waals surface area contributed by atoms with Gasteiger partial charge in [-0.1, -0.05) is 13.8 Å². The van der Waals surface area contributed by atoms with Crippen LogP contribution in [0.25, 0.3) is 0 Å². The van der Waals surface area contributed by atoms with Crippen molar-refractivity contribution in [1.29, 1.82) is 0 Å². The monoisotopic (exact) mass is 254 g/mol. The number of amides is 1. The van der Waals surface area contributed by atoms with Gasteiger partial charge in [0.25, 0.3) is 0 Å². The van der Waals surface area contributed by atoms with Crippen LogP contribution in [0.3, 0.4) is 0 Å². The zero-order valence-corrected chi connectivity index (χ0v) is 11.6. The van der Waals surface area contributed by atoms with Gasteiger partial charge in [-0.3, -0.25) is 4.79 Å². The van der Waals surface area contributed by atoms with E-state index in [9.17, 15) is 4.79 Å². The van der Waals surface area contributed by atoms with Gasteiger partial charge in [-0.15, -0.1) is 0 Å². The molecule has 0 aromatic rings. The molecule has 1 saturated carbocycles. The molecule has 1 heterocycles. The molecule has 0 spiro atoms. The third-order valence-electron chi connectivity index (χ3n) is 4.49. The molecule has 1 aliphatic carbocycles. The normalized spacial score (nSPS) is 37.6. The van der Waals surface area contributed by atoms with Crippen molar-refractivity contribution in [2.45, 2.75) is 51.7 Å². The standard InChI is InChI=1S/C14H26N2O2/c1-3-12-9-16(6-7-18-12)14(17)11-4-5-13(15)10(2)8-11/h10-13H,3-9,15H2,1-2H3. The average molecular weight is 254 g/mol. The number of ether oxygens (including phenoxy) is 1. The van der Waals surface area contributed by atoms with E-state index in [0.717, 1.165) is 38.8 Å². The molecule has 1 aliphatic heterocycles. The van der Waals surface area contributed by atoms with Gasteiger partial charge in [0, 0.05) is 25.0 Å². The van der Waals surface area contributed by atoms with Gasteiger partial charge in [-0.25, -0.2) is 0 Å². The smallest absolute Gasteiger partial charge is 0.225 e. The zero-order valence-electron chi connectivity index (χ0n) is 11.6. The second kappa shape index (κ2) is 6.02. The number of nitrogens with two attached hydrogens (primary N) is 1. The molecule has 1 amide bonds. The molecule has 0 bridgehead atoms. The predicted molar refractivity (Wildman–Crippen MR) is 71.1 cm³/mol. The van der Waals surface area contributed by atoms with Gasteiger partial charge in [0.2, 0.25) is 5.91 Å². The van der Waals surface area contributed by atoms with Crippen molar-refractivity contribution in [2.75, 3.05) is 19.7 Å². The Hall–Kier alpha value is -0.610. The summed E-state index contributed by atoms with van der Waals surface area (Å²) in [7, 11) is 0. The predicted octanol–water partition coefficient (Wildman–Crippen LogP) is 1.39. The van der Waals surface area contributed by atoms with Crippen LogP contribution in [0.4, 0.5) is 0 Å². The molecule has 0 aromatic carbocycles. The number of nitrogens with zero attached hydrogens (tertiary/aromatic N) is 1. The lowest BCUT2D eigenvalue weighted by molar-refractivity contribution is -0.144. The third-order valence-corrected chi connectivity index (χ3v) is 4.49. The topological polar surface area (TPSA) is 55.6 Å². The molecular weight excluding hydrogens is 228 g/mol. The van der Waals surface area contributed by atoms with E-state index in [2.05, 4.69) is 13.8 Å². The van der Waals surface area contributed by atoms with Crippen LogP contribution in [0.1, 0.15) is 39.5 Å². The van der Waals surface area contributed by atoms with Crippen molar-refractivity contribution in [3.8, 4) is 0 Å². The van der Waals surface area contributed by atoms with Gasteiger partial charge in [-0.2, -0.15) is 0 Å². The van der Waals surface area contributed by atoms with Crippen molar-refractivity contribution < 1.29 is 9.53 Å². The minimum Gasteiger partial charge on any atom is -0.375 e. The van der Waals surface area contributed by atoms with Gasteiger partial charge >= 0.3 is 0 Å². The van der Waals surface area contributed by atoms with Gasteiger partial charge in [0.1, 0.15) is 0 Å². The fourth-order valence-electron chi connectivity index (χ4n) is 3.07. The second-order valence-electron chi connectivity index (χ2n) is 5.84. The lowest BCUT2D eigenvalue weighted by Crippen LogP contribution is -2.49. The Balaban J connectivity index is 1.90. The molecule has 1 saturated heterocycles. The van der Waals surface area contributed by atoms with Crippen molar-refractivity contribution >= 4 is 5.91 Å². The van der Waals surface area contributed by atoms with E-state index in [1.54, 1.807) is 0 Å². The first-order valence-electron chi connectivity index (χ1n) is 7.27. The van der Waals surface area contributed by atoms with E-state index in [4.69, 9.17) is 10.5 Å². The average Bonchev–Trinajstić information content (AvgIpc) is 2.41. The maximum atomic E-state index is 12.5. The zero-order chi connectivity index (χ0) is 13.1. The summed E-state index contributed by atoms with van der Waals surface area (Å²) in [6.45, 7) is 6.49. The maximum absolute atomic E-state index is 12.5. The number of carbonyl (C=O) groups is 1. The maximum Gasteiger partial charge on any atom is 0.225 e. The first-order chi connectivity index (χ1) is 8.61. The van der Waals surface area contributed by atoms with Crippen molar-refractivity contribution in [1.82, 2.24) is 4.90 Å². The molecule has 0 radical (unpaired) electrons. The molecule has 104 valence electrons. The molecule has 0 aromatic heterocycles. The molecule has 4 heteroatoms. The molecule has 2 aliphatic rings. The van der Waals surface area contributed by atoms with Crippen LogP contribution >= 0.6 is 0 Å². The van der Waals surface area contributed by atoms with Crippen LogP contribution in [0.5, 0.6) is 0 Å². The van der Waals surface area contributed by atoms with E-state index in [-0.39, 0.29) is 18.1 Å². The fraction of sp³-hybridized carbons (Fsp3) is 0.929. The Kier molecular flexibility index (Phi) is 4.62. The SMILES string of the molecule is CCC1CN(C(=O)C2CCC(N)C(C)C2)CCO1. The van der Waals surface area contributed by atoms with Gasteiger partial charge in [0.05, 0.1) is 12.7 Å².